The molecule has 2 aromatic rings. The Balaban J connectivity index is 2.14. The summed E-state index contributed by atoms with van der Waals surface area (Å²) in [5.74, 6) is 0. The number of benzene rings is 2. The predicted molar refractivity (Wildman–Crippen MR) is 87.6 cm³/mol. The zero-order valence-corrected chi connectivity index (χ0v) is 14.2. The summed E-state index contributed by atoms with van der Waals surface area (Å²) in [4.78, 5) is 0.0399. The maximum atomic E-state index is 12.3. The molecule has 22 heavy (non-hydrogen) atoms. The van der Waals surface area contributed by atoms with Crippen molar-refractivity contribution in [1.29, 1.82) is 0 Å². The van der Waals surface area contributed by atoms with Gasteiger partial charge in [0, 0.05) is 23.7 Å². The predicted octanol–water partition coefficient (Wildman–Crippen LogP) is 3.62. The third-order valence-electron chi connectivity index (χ3n) is 2.92. The van der Waals surface area contributed by atoms with Crippen molar-refractivity contribution in [1.82, 2.24) is 4.72 Å². The highest BCUT2D eigenvalue weighted by Crippen LogP contribution is 2.22. The lowest BCUT2D eigenvalue weighted by atomic mass is 10.1. The van der Waals surface area contributed by atoms with Crippen molar-refractivity contribution in [3.05, 3.63) is 63.6 Å². The summed E-state index contributed by atoms with van der Waals surface area (Å²) >= 11 is 11.7. The van der Waals surface area contributed by atoms with Gasteiger partial charge < -0.3 is 4.74 Å². The van der Waals surface area contributed by atoms with Gasteiger partial charge in [-0.15, -0.1) is 0 Å². The molecule has 0 unspecified atom stereocenters. The fraction of sp³-hybridized carbons (Fsp3) is 0.200. The molecule has 0 saturated heterocycles. The standard InChI is InChI=1S/C15H15Cl2NO3S/c1-21-10-12-4-2-3-11(5-12)9-18-22(19,20)15-7-13(16)6-14(17)8-15/h2-8,18H,9-10H2,1H3. The SMILES string of the molecule is COCc1cccc(CNS(=O)(=O)c2cc(Cl)cc(Cl)c2)c1. The molecule has 0 fully saturated rings. The van der Waals surface area contributed by atoms with E-state index in [0.717, 1.165) is 11.1 Å². The Bertz CT molecular complexity index is 743. The molecule has 0 aliphatic rings. The van der Waals surface area contributed by atoms with E-state index in [1.165, 1.54) is 18.2 Å². The molecule has 0 heterocycles. The third kappa shape index (κ3) is 4.69. The highest BCUT2D eigenvalue weighted by Gasteiger charge is 2.15. The molecule has 4 nitrogen and oxygen atoms in total. The van der Waals surface area contributed by atoms with Crippen molar-refractivity contribution in [2.75, 3.05) is 7.11 Å². The average molecular weight is 360 g/mol. The zero-order chi connectivity index (χ0) is 16.2. The molecule has 0 atom stereocenters. The van der Waals surface area contributed by atoms with Gasteiger partial charge >= 0.3 is 0 Å². The number of halogens is 2. The summed E-state index contributed by atoms with van der Waals surface area (Å²) < 4.78 is 32.1. The normalized spacial score (nSPS) is 11.6. The minimum absolute atomic E-state index is 0.0399. The van der Waals surface area contributed by atoms with Gasteiger partial charge in [-0.25, -0.2) is 13.1 Å². The molecule has 0 spiro atoms. The van der Waals surface area contributed by atoms with Crippen molar-refractivity contribution in [2.45, 2.75) is 18.0 Å². The number of hydrogen-bond donors (Lipinski definition) is 1. The van der Waals surface area contributed by atoms with E-state index in [2.05, 4.69) is 4.72 Å². The van der Waals surface area contributed by atoms with Gasteiger partial charge in [-0.05, 0) is 29.3 Å². The first-order valence-corrected chi connectivity index (χ1v) is 8.67. The van der Waals surface area contributed by atoms with Crippen LogP contribution in [0.15, 0.2) is 47.4 Å². The molecule has 2 rings (SSSR count). The fourth-order valence-electron chi connectivity index (χ4n) is 1.94. The molecule has 0 aliphatic heterocycles. The Kier molecular flexibility index (Phi) is 5.83. The summed E-state index contributed by atoms with van der Waals surface area (Å²) in [5.41, 5.74) is 1.82. The molecule has 0 saturated carbocycles. The van der Waals surface area contributed by atoms with Crippen molar-refractivity contribution < 1.29 is 13.2 Å². The minimum Gasteiger partial charge on any atom is -0.380 e. The van der Waals surface area contributed by atoms with E-state index < -0.39 is 10.0 Å². The fourth-order valence-corrected chi connectivity index (χ4v) is 3.68. The van der Waals surface area contributed by atoms with Crippen LogP contribution in [0.5, 0.6) is 0 Å². The average Bonchev–Trinajstić information content (AvgIpc) is 2.45. The van der Waals surface area contributed by atoms with Crippen molar-refractivity contribution in [3.8, 4) is 0 Å². The molecular formula is C15H15Cl2NO3S. The number of hydrogen-bond acceptors (Lipinski definition) is 3. The Morgan fingerprint density at radius 1 is 1.05 bits per heavy atom. The minimum atomic E-state index is -3.68. The summed E-state index contributed by atoms with van der Waals surface area (Å²) in [5, 5.41) is 0.546. The van der Waals surface area contributed by atoms with Crippen LogP contribution in [0.2, 0.25) is 10.0 Å². The van der Waals surface area contributed by atoms with E-state index >= 15 is 0 Å². The lowest BCUT2D eigenvalue weighted by Gasteiger charge is -2.09. The zero-order valence-electron chi connectivity index (χ0n) is 11.8. The van der Waals surface area contributed by atoms with Crippen LogP contribution in [-0.2, 0) is 27.9 Å². The van der Waals surface area contributed by atoms with Gasteiger partial charge in [-0.3, -0.25) is 0 Å². The first-order chi connectivity index (χ1) is 10.4. The van der Waals surface area contributed by atoms with Crippen LogP contribution < -0.4 is 4.72 Å². The van der Waals surface area contributed by atoms with E-state index in [4.69, 9.17) is 27.9 Å². The molecule has 0 aliphatic carbocycles. The van der Waals surface area contributed by atoms with E-state index in [1.807, 2.05) is 24.3 Å². The largest absolute Gasteiger partial charge is 0.380 e. The van der Waals surface area contributed by atoms with Crippen molar-refractivity contribution in [2.24, 2.45) is 0 Å². The molecule has 7 heteroatoms. The molecule has 118 valence electrons. The van der Waals surface area contributed by atoms with Gasteiger partial charge in [0.05, 0.1) is 11.5 Å². The van der Waals surface area contributed by atoms with Crippen LogP contribution in [0.3, 0.4) is 0 Å². The third-order valence-corrected chi connectivity index (χ3v) is 4.73. The van der Waals surface area contributed by atoms with Crippen LogP contribution in [-0.4, -0.2) is 15.5 Å². The van der Waals surface area contributed by atoms with Gasteiger partial charge in [0.1, 0.15) is 0 Å². The summed E-state index contributed by atoms with van der Waals surface area (Å²) in [6, 6.07) is 11.7. The summed E-state index contributed by atoms with van der Waals surface area (Å²) in [7, 11) is -2.07. The second-order valence-electron chi connectivity index (χ2n) is 4.68. The van der Waals surface area contributed by atoms with E-state index in [9.17, 15) is 8.42 Å². The first-order valence-electron chi connectivity index (χ1n) is 6.43. The maximum absolute atomic E-state index is 12.3. The number of methoxy groups -OCH3 is 1. The smallest absolute Gasteiger partial charge is 0.240 e. The molecule has 0 radical (unpaired) electrons. The molecule has 0 bridgehead atoms. The highest BCUT2D eigenvalue weighted by atomic mass is 35.5. The Morgan fingerprint density at radius 3 is 2.32 bits per heavy atom. The van der Waals surface area contributed by atoms with Crippen LogP contribution in [0.25, 0.3) is 0 Å². The van der Waals surface area contributed by atoms with Crippen LogP contribution in [0, 0.1) is 0 Å². The second kappa shape index (κ2) is 7.44. The number of sulfonamides is 1. The van der Waals surface area contributed by atoms with Gasteiger partial charge in [0.15, 0.2) is 0 Å². The van der Waals surface area contributed by atoms with Gasteiger partial charge in [0.2, 0.25) is 10.0 Å². The topological polar surface area (TPSA) is 55.4 Å². The lowest BCUT2D eigenvalue weighted by Crippen LogP contribution is -2.23. The summed E-state index contributed by atoms with van der Waals surface area (Å²) in [6.45, 7) is 0.647. The van der Waals surface area contributed by atoms with Crippen LogP contribution in [0.4, 0.5) is 0 Å². The van der Waals surface area contributed by atoms with E-state index in [0.29, 0.717) is 6.61 Å². The van der Waals surface area contributed by atoms with Crippen LogP contribution >= 0.6 is 23.2 Å². The number of rotatable bonds is 6. The maximum Gasteiger partial charge on any atom is 0.240 e. The lowest BCUT2D eigenvalue weighted by molar-refractivity contribution is 0.185. The quantitative estimate of drug-likeness (QED) is 0.856. The van der Waals surface area contributed by atoms with Gasteiger partial charge in [-0.1, -0.05) is 47.5 Å². The molecule has 0 aromatic heterocycles. The molecule has 0 amide bonds. The molecular weight excluding hydrogens is 345 g/mol. The molecule has 1 N–H and O–H groups in total. The first kappa shape index (κ1) is 17.2. The van der Waals surface area contributed by atoms with Gasteiger partial charge in [-0.2, -0.15) is 0 Å². The molecule has 2 aromatic carbocycles. The van der Waals surface area contributed by atoms with Crippen molar-refractivity contribution in [3.63, 3.8) is 0 Å². The Hall–Kier alpha value is -1.11. The Labute approximate surface area is 140 Å². The van der Waals surface area contributed by atoms with Crippen molar-refractivity contribution >= 4 is 33.2 Å². The summed E-state index contributed by atoms with van der Waals surface area (Å²) in [6.07, 6.45) is 0. The second-order valence-corrected chi connectivity index (χ2v) is 7.32. The monoisotopic (exact) mass is 359 g/mol. The number of nitrogens with one attached hydrogen (secondary N) is 1. The van der Waals surface area contributed by atoms with E-state index in [-0.39, 0.29) is 21.5 Å². The highest BCUT2D eigenvalue weighted by molar-refractivity contribution is 7.89. The van der Waals surface area contributed by atoms with Gasteiger partial charge in [0.25, 0.3) is 0 Å². The van der Waals surface area contributed by atoms with Crippen LogP contribution in [0.1, 0.15) is 11.1 Å². The van der Waals surface area contributed by atoms with E-state index in [1.54, 1.807) is 7.11 Å². The number of ether oxygens (including phenoxy) is 1. The Morgan fingerprint density at radius 2 is 1.68 bits per heavy atom.